The van der Waals surface area contributed by atoms with Crippen molar-refractivity contribution < 1.29 is 0 Å². The molecule has 1 unspecified atom stereocenters. The first kappa shape index (κ1) is 11.6. The zero-order valence-corrected chi connectivity index (χ0v) is 9.40. The number of hydrogen-bond donors (Lipinski definition) is 1. The Morgan fingerprint density at radius 1 is 1.40 bits per heavy atom. The van der Waals surface area contributed by atoms with E-state index in [0.717, 1.165) is 17.8 Å². The topological polar surface area (TPSA) is 29.3 Å². The molecule has 1 aromatic carbocycles. The van der Waals surface area contributed by atoms with E-state index in [4.69, 9.17) is 12.2 Å². The van der Waals surface area contributed by atoms with Gasteiger partial charge in [-0.25, -0.2) is 0 Å². The number of benzene rings is 1. The number of nitrogens with zero attached hydrogens (tertiary/aromatic N) is 1. The molecule has 15 heavy (non-hydrogen) atoms. The van der Waals surface area contributed by atoms with Crippen molar-refractivity contribution in [3.8, 4) is 12.3 Å². The van der Waals surface area contributed by atoms with E-state index in [9.17, 15) is 0 Å². The standard InChI is InChI=1S/C13H18N2/c1-4-10-15(5-2)13-8-6-12(7-9-13)11(3)14/h1,6-9,11H,5,10,14H2,2-3H3. The lowest BCUT2D eigenvalue weighted by molar-refractivity contribution is 0.817. The van der Waals surface area contributed by atoms with Crippen molar-refractivity contribution in [1.29, 1.82) is 0 Å². The van der Waals surface area contributed by atoms with Crippen LogP contribution in [0.15, 0.2) is 24.3 Å². The molecule has 0 spiro atoms. The van der Waals surface area contributed by atoms with Crippen LogP contribution < -0.4 is 10.6 Å². The van der Waals surface area contributed by atoms with E-state index in [1.54, 1.807) is 0 Å². The third-order valence-electron chi connectivity index (χ3n) is 2.45. The molecular formula is C13H18N2. The van der Waals surface area contributed by atoms with Gasteiger partial charge in [0.1, 0.15) is 0 Å². The van der Waals surface area contributed by atoms with E-state index in [1.165, 1.54) is 0 Å². The molecule has 2 heteroatoms. The van der Waals surface area contributed by atoms with E-state index in [0.29, 0.717) is 6.54 Å². The summed E-state index contributed by atoms with van der Waals surface area (Å²) >= 11 is 0. The normalized spacial score (nSPS) is 11.9. The van der Waals surface area contributed by atoms with Crippen molar-refractivity contribution in [3.63, 3.8) is 0 Å². The van der Waals surface area contributed by atoms with Gasteiger partial charge in [0.05, 0.1) is 6.54 Å². The minimum atomic E-state index is 0.0850. The predicted octanol–water partition coefficient (Wildman–Crippen LogP) is 2.17. The molecule has 0 aliphatic carbocycles. The third kappa shape index (κ3) is 3.00. The molecule has 0 radical (unpaired) electrons. The molecule has 0 aromatic heterocycles. The van der Waals surface area contributed by atoms with E-state index in [1.807, 2.05) is 6.92 Å². The molecule has 1 atom stereocenters. The first-order valence-corrected chi connectivity index (χ1v) is 5.23. The summed E-state index contributed by atoms with van der Waals surface area (Å²) in [6, 6.07) is 8.33. The number of hydrogen-bond acceptors (Lipinski definition) is 2. The van der Waals surface area contributed by atoms with Crippen LogP contribution in [0.4, 0.5) is 5.69 Å². The summed E-state index contributed by atoms with van der Waals surface area (Å²) in [7, 11) is 0. The van der Waals surface area contributed by atoms with Crippen molar-refractivity contribution in [2.75, 3.05) is 18.0 Å². The molecule has 2 N–H and O–H groups in total. The van der Waals surface area contributed by atoms with E-state index < -0.39 is 0 Å². The van der Waals surface area contributed by atoms with Gasteiger partial charge in [-0.15, -0.1) is 6.42 Å². The molecule has 0 saturated heterocycles. The quantitative estimate of drug-likeness (QED) is 0.758. The highest BCUT2D eigenvalue weighted by Gasteiger charge is 2.03. The highest BCUT2D eigenvalue weighted by atomic mass is 15.1. The van der Waals surface area contributed by atoms with Gasteiger partial charge in [-0.1, -0.05) is 18.1 Å². The summed E-state index contributed by atoms with van der Waals surface area (Å²) in [5.74, 6) is 2.66. The highest BCUT2D eigenvalue weighted by molar-refractivity contribution is 5.48. The molecule has 0 amide bonds. The lowest BCUT2D eigenvalue weighted by atomic mass is 10.1. The van der Waals surface area contributed by atoms with Gasteiger partial charge in [0.15, 0.2) is 0 Å². The van der Waals surface area contributed by atoms with Gasteiger partial charge < -0.3 is 10.6 Å². The minimum Gasteiger partial charge on any atom is -0.361 e. The van der Waals surface area contributed by atoms with Crippen LogP contribution >= 0.6 is 0 Å². The fourth-order valence-corrected chi connectivity index (χ4v) is 1.48. The number of nitrogens with two attached hydrogens (primary N) is 1. The second-order valence-corrected chi connectivity index (χ2v) is 3.60. The van der Waals surface area contributed by atoms with Crippen LogP contribution in [0.25, 0.3) is 0 Å². The van der Waals surface area contributed by atoms with Crippen LogP contribution in [0, 0.1) is 12.3 Å². The molecule has 1 rings (SSSR count). The summed E-state index contributed by atoms with van der Waals surface area (Å²) in [5.41, 5.74) is 8.09. The van der Waals surface area contributed by atoms with Gasteiger partial charge in [-0.3, -0.25) is 0 Å². The summed E-state index contributed by atoms with van der Waals surface area (Å²) < 4.78 is 0. The average molecular weight is 202 g/mol. The van der Waals surface area contributed by atoms with Crippen molar-refractivity contribution in [1.82, 2.24) is 0 Å². The Morgan fingerprint density at radius 3 is 2.40 bits per heavy atom. The van der Waals surface area contributed by atoms with Crippen LogP contribution in [-0.2, 0) is 0 Å². The maximum atomic E-state index is 5.79. The van der Waals surface area contributed by atoms with Gasteiger partial charge in [-0.05, 0) is 31.5 Å². The third-order valence-corrected chi connectivity index (χ3v) is 2.45. The summed E-state index contributed by atoms with van der Waals surface area (Å²) in [6.07, 6.45) is 5.31. The van der Waals surface area contributed by atoms with Gasteiger partial charge in [-0.2, -0.15) is 0 Å². The molecule has 0 fully saturated rings. The molecule has 1 aromatic rings. The fraction of sp³-hybridized carbons (Fsp3) is 0.385. The maximum absolute atomic E-state index is 5.79. The second-order valence-electron chi connectivity index (χ2n) is 3.60. The minimum absolute atomic E-state index is 0.0850. The molecule has 0 saturated carbocycles. The molecule has 2 nitrogen and oxygen atoms in total. The van der Waals surface area contributed by atoms with E-state index >= 15 is 0 Å². The first-order chi connectivity index (χ1) is 7.19. The van der Waals surface area contributed by atoms with Crippen molar-refractivity contribution in [3.05, 3.63) is 29.8 Å². The second kappa shape index (κ2) is 5.43. The fourth-order valence-electron chi connectivity index (χ4n) is 1.48. The van der Waals surface area contributed by atoms with Crippen LogP contribution in [0.2, 0.25) is 0 Å². The Kier molecular flexibility index (Phi) is 4.20. The lowest BCUT2D eigenvalue weighted by Crippen LogP contribution is -2.22. The molecule has 0 bridgehead atoms. The Morgan fingerprint density at radius 2 is 2.00 bits per heavy atom. The van der Waals surface area contributed by atoms with Crippen molar-refractivity contribution in [2.24, 2.45) is 5.73 Å². The zero-order chi connectivity index (χ0) is 11.3. The molecule has 0 aliphatic rings. The van der Waals surface area contributed by atoms with E-state index in [2.05, 4.69) is 42.0 Å². The Hall–Kier alpha value is -1.46. The smallest absolute Gasteiger partial charge is 0.0791 e. The molecular weight excluding hydrogens is 184 g/mol. The van der Waals surface area contributed by atoms with Crippen LogP contribution in [0.1, 0.15) is 25.5 Å². The molecule has 0 aliphatic heterocycles. The van der Waals surface area contributed by atoms with Gasteiger partial charge in [0.25, 0.3) is 0 Å². The highest BCUT2D eigenvalue weighted by Crippen LogP contribution is 2.17. The van der Waals surface area contributed by atoms with Crippen LogP contribution in [-0.4, -0.2) is 13.1 Å². The number of anilines is 1. The molecule has 80 valence electrons. The Balaban J connectivity index is 2.83. The SMILES string of the molecule is C#CCN(CC)c1ccc(C(C)N)cc1. The summed E-state index contributed by atoms with van der Waals surface area (Å²) in [6.45, 7) is 5.64. The number of terminal acetylenes is 1. The Bertz CT molecular complexity index is 333. The lowest BCUT2D eigenvalue weighted by Gasteiger charge is -2.20. The van der Waals surface area contributed by atoms with Gasteiger partial charge in [0.2, 0.25) is 0 Å². The van der Waals surface area contributed by atoms with E-state index in [-0.39, 0.29) is 6.04 Å². The van der Waals surface area contributed by atoms with Gasteiger partial charge in [0, 0.05) is 18.3 Å². The van der Waals surface area contributed by atoms with Crippen LogP contribution in [0.3, 0.4) is 0 Å². The maximum Gasteiger partial charge on any atom is 0.0791 e. The average Bonchev–Trinajstić information content (AvgIpc) is 2.26. The number of rotatable bonds is 4. The van der Waals surface area contributed by atoms with Crippen molar-refractivity contribution >= 4 is 5.69 Å². The molecule has 0 heterocycles. The Labute approximate surface area is 92.1 Å². The summed E-state index contributed by atoms with van der Waals surface area (Å²) in [5, 5.41) is 0. The first-order valence-electron chi connectivity index (χ1n) is 5.23. The summed E-state index contributed by atoms with van der Waals surface area (Å²) in [4.78, 5) is 2.14. The van der Waals surface area contributed by atoms with Crippen molar-refractivity contribution in [2.45, 2.75) is 19.9 Å². The zero-order valence-electron chi connectivity index (χ0n) is 9.40. The van der Waals surface area contributed by atoms with Crippen LogP contribution in [0.5, 0.6) is 0 Å². The monoisotopic (exact) mass is 202 g/mol. The largest absolute Gasteiger partial charge is 0.361 e. The predicted molar refractivity (Wildman–Crippen MR) is 65.8 cm³/mol. The van der Waals surface area contributed by atoms with Gasteiger partial charge >= 0.3 is 0 Å².